The predicted octanol–water partition coefficient (Wildman–Crippen LogP) is 11.1. The number of hydrogen-bond acceptors (Lipinski definition) is 4. The molecule has 0 amide bonds. The van der Waals surface area contributed by atoms with E-state index < -0.39 is 0 Å². The summed E-state index contributed by atoms with van der Waals surface area (Å²) in [5.41, 5.74) is 13.8. The monoisotopic (exact) mass is 697 g/mol. The van der Waals surface area contributed by atoms with Crippen molar-refractivity contribution in [3.05, 3.63) is 183 Å². The van der Waals surface area contributed by atoms with Crippen LogP contribution in [0.15, 0.2) is 188 Å². The van der Waals surface area contributed by atoms with E-state index in [0.717, 1.165) is 88.4 Å². The summed E-state index contributed by atoms with van der Waals surface area (Å²) in [5, 5.41) is 3.36. The van der Waals surface area contributed by atoms with Crippen molar-refractivity contribution in [2.45, 2.75) is 0 Å². The fourth-order valence-corrected chi connectivity index (χ4v) is 7.52. The van der Waals surface area contributed by atoms with Gasteiger partial charge in [-0.2, -0.15) is 0 Å². The van der Waals surface area contributed by atoms with E-state index >= 15 is 0 Å². The lowest BCUT2D eigenvalue weighted by atomic mass is 10.2. The topological polar surface area (TPSA) is 65.8 Å². The van der Waals surface area contributed by atoms with Crippen LogP contribution in [0, 0.1) is 0 Å². The Morgan fingerprint density at radius 1 is 0.519 bits per heavy atom. The molecule has 54 heavy (non-hydrogen) atoms. The summed E-state index contributed by atoms with van der Waals surface area (Å²) in [6.45, 7) is 11.2. The van der Waals surface area contributed by atoms with Gasteiger partial charge >= 0.3 is 0 Å². The van der Waals surface area contributed by atoms with Crippen molar-refractivity contribution in [3.63, 3.8) is 0 Å². The number of hydrogen-bond donors (Lipinski definition) is 0. The Morgan fingerprint density at radius 3 is 1.52 bits per heavy atom. The first kappa shape index (κ1) is 32.5. The van der Waals surface area contributed by atoms with E-state index in [0.29, 0.717) is 6.54 Å². The molecule has 7 heteroatoms. The highest BCUT2D eigenvalue weighted by Gasteiger charge is 2.19. The van der Waals surface area contributed by atoms with Crippen LogP contribution in [-0.4, -0.2) is 41.9 Å². The summed E-state index contributed by atoms with van der Waals surface area (Å²) < 4.78 is 6.92. The minimum Gasteiger partial charge on any atom is -0.308 e. The lowest BCUT2D eigenvalue weighted by Gasteiger charge is -2.11. The van der Waals surface area contributed by atoms with Gasteiger partial charge in [0.15, 0.2) is 0 Å². The molecule has 0 N–H and O–H groups in total. The summed E-state index contributed by atoms with van der Waals surface area (Å²) in [6, 6.07) is 44.8. The second kappa shape index (κ2) is 13.6. The van der Waals surface area contributed by atoms with Crippen molar-refractivity contribution in [2.75, 3.05) is 6.54 Å². The van der Waals surface area contributed by atoms with Gasteiger partial charge in [0.2, 0.25) is 0 Å². The Morgan fingerprint density at radius 2 is 0.981 bits per heavy atom. The third kappa shape index (κ3) is 5.38. The van der Waals surface area contributed by atoms with Gasteiger partial charge in [-0.15, -0.1) is 0 Å². The van der Waals surface area contributed by atoms with Gasteiger partial charge in [0.05, 0.1) is 56.2 Å². The van der Waals surface area contributed by atoms with Crippen molar-refractivity contribution >= 4 is 72.5 Å². The fraction of sp³-hybridized carbons (Fsp3) is 0.0213. The Balaban J connectivity index is 0.000000383. The molecule has 0 unspecified atom stereocenters. The SMILES string of the molecule is C=C/C=C\C(=C)CN=C.c1ccc(-n2c3ccc(-n4c5ccc(-n6c7ccccc7c7ncccc76)cc5c5ncccc54)cc3c3ncccc32)cc1. The number of nitrogens with zero attached hydrogens (tertiary/aromatic N) is 7. The number of para-hydroxylation sites is 2. The van der Waals surface area contributed by atoms with Crippen LogP contribution in [0.2, 0.25) is 0 Å². The molecule has 0 fully saturated rings. The molecule has 0 aliphatic heterocycles. The average Bonchev–Trinajstić information content (AvgIpc) is 3.86. The zero-order valence-electron chi connectivity index (χ0n) is 29.5. The molecule has 4 aromatic carbocycles. The molecule has 0 aliphatic rings. The second-order valence-corrected chi connectivity index (χ2v) is 13.0. The maximum Gasteiger partial charge on any atom is 0.0964 e. The smallest absolute Gasteiger partial charge is 0.0964 e. The van der Waals surface area contributed by atoms with E-state index in [1.165, 1.54) is 0 Å². The Kier molecular flexibility index (Phi) is 8.21. The number of benzene rings is 4. The van der Waals surface area contributed by atoms with Crippen LogP contribution in [0.5, 0.6) is 0 Å². The summed E-state index contributed by atoms with van der Waals surface area (Å²) in [5.74, 6) is 0. The van der Waals surface area contributed by atoms with E-state index in [1.807, 2.05) is 55.0 Å². The lowest BCUT2D eigenvalue weighted by Crippen LogP contribution is -1.96. The first-order chi connectivity index (χ1) is 26.7. The standard InChI is InChI=1S/C39H24N6.C8H11N/c1-2-9-25(10-3-1)43-32-18-16-27(24-29(32)38-35(43)14-7-21-41-38)45-33-19-17-26(23-30(33)39-36(45)15-8-22-42-39)44-31-12-5-4-11-28(31)37-34(44)13-6-20-40-37;1-4-5-6-8(2)7-9-3/h1-24H;4-6H,1-3,7H2/b;6-5-. The minimum atomic E-state index is 0.602. The van der Waals surface area contributed by atoms with Gasteiger partial charge in [-0.3, -0.25) is 19.9 Å². The maximum atomic E-state index is 4.90. The molecular formula is C47H35N7. The number of fused-ring (bicyclic) bond motifs is 9. The van der Waals surface area contributed by atoms with Crippen molar-refractivity contribution in [1.82, 2.24) is 28.7 Å². The highest BCUT2D eigenvalue weighted by molar-refractivity contribution is 6.11. The van der Waals surface area contributed by atoms with Crippen molar-refractivity contribution in [2.24, 2.45) is 4.99 Å². The van der Waals surface area contributed by atoms with Crippen molar-refractivity contribution in [3.8, 4) is 17.1 Å². The highest BCUT2D eigenvalue weighted by atomic mass is 15.0. The van der Waals surface area contributed by atoms with Gasteiger partial charge in [0.25, 0.3) is 0 Å². The molecule has 10 aromatic rings. The van der Waals surface area contributed by atoms with Crippen LogP contribution in [0.3, 0.4) is 0 Å². The second-order valence-electron chi connectivity index (χ2n) is 13.0. The quantitative estimate of drug-likeness (QED) is 0.123. The third-order valence-electron chi connectivity index (χ3n) is 9.75. The molecular weight excluding hydrogens is 663 g/mol. The van der Waals surface area contributed by atoms with E-state index in [9.17, 15) is 0 Å². The molecule has 0 atom stereocenters. The molecule has 0 spiro atoms. The van der Waals surface area contributed by atoms with Gasteiger partial charge in [-0.25, -0.2) is 0 Å². The summed E-state index contributed by atoms with van der Waals surface area (Å²) in [4.78, 5) is 18.1. The molecule has 6 heterocycles. The van der Waals surface area contributed by atoms with Crippen LogP contribution in [0.25, 0.3) is 82.9 Å². The highest BCUT2D eigenvalue weighted by Crippen LogP contribution is 2.38. The van der Waals surface area contributed by atoms with E-state index in [-0.39, 0.29) is 0 Å². The zero-order chi connectivity index (χ0) is 36.6. The van der Waals surface area contributed by atoms with E-state index in [4.69, 9.17) is 15.0 Å². The summed E-state index contributed by atoms with van der Waals surface area (Å²) in [7, 11) is 0. The van der Waals surface area contributed by atoms with Crippen molar-refractivity contribution < 1.29 is 0 Å². The molecule has 10 rings (SSSR count). The third-order valence-corrected chi connectivity index (χ3v) is 9.75. The Labute approximate surface area is 311 Å². The zero-order valence-corrected chi connectivity index (χ0v) is 29.5. The molecule has 0 saturated carbocycles. The van der Waals surface area contributed by atoms with Crippen LogP contribution in [0.1, 0.15) is 0 Å². The van der Waals surface area contributed by atoms with E-state index in [2.05, 4.69) is 142 Å². The maximum absolute atomic E-state index is 4.90. The van der Waals surface area contributed by atoms with Gasteiger partial charge < -0.3 is 13.7 Å². The largest absolute Gasteiger partial charge is 0.308 e. The van der Waals surface area contributed by atoms with Crippen LogP contribution >= 0.6 is 0 Å². The van der Waals surface area contributed by atoms with Gasteiger partial charge in [-0.1, -0.05) is 67.8 Å². The molecule has 6 aromatic heterocycles. The first-order valence-corrected chi connectivity index (χ1v) is 17.7. The summed E-state index contributed by atoms with van der Waals surface area (Å²) >= 11 is 0. The normalized spacial score (nSPS) is 11.6. The van der Waals surface area contributed by atoms with E-state index in [1.54, 1.807) is 6.08 Å². The summed E-state index contributed by atoms with van der Waals surface area (Å²) in [6.07, 6.45) is 11.0. The molecule has 0 saturated heterocycles. The van der Waals surface area contributed by atoms with Crippen LogP contribution in [0.4, 0.5) is 0 Å². The number of pyridine rings is 3. The molecule has 0 bridgehead atoms. The molecule has 7 nitrogen and oxygen atoms in total. The Hall–Kier alpha value is -7.38. The average molecular weight is 698 g/mol. The van der Waals surface area contributed by atoms with Crippen molar-refractivity contribution in [1.29, 1.82) is 0 Å². The van der Waals surface area contributed by atoms with Gasteiger partial charge in [-0.05, 0) is 103 Å². The van der Waals surface area contributed by atoms with Crippen LogP contribution < -0.4 is 0 Å². The predicted molar refractivity (Wildman–Crippen MR) is 226 cm³/mol. The van der Waals surface area contributed by atoms with Gasteiger partial charge in [0.1, 0.15) is 0 Å². The minimum absolute atomic E-state index is 0.602. The molecule has 0 radical (unpaired) electrons. The first-order valence-electron chi connectivity index (χ1n) is 17.7. The number of rotatable bonds is 7. The molecule has 258 valence electrons. The number of aliphatic imine (C=N–C) groups is 1. The number of aromatic nitrogens is 6. The lowest BCUT2D eigenvalue weighted by molar-refractivity contribution is 1.16. The van der Waals surface area contributed by atoms with Gasteiger partial charge in [0, 0.05) is 51.8 Å². The van der Waals surface area contributed by atoms with Crippen LogP contribution in [-0.2, 0) is 0 Å². The fourth-order valence-electron chi connectivity index (χ4n) is 7.52. The number of allylic oxidation sites excluding steroid dienone is 2. The molecule has 0 aliphatic carbocycles. The Bertz CT molecular complexity index is 3030.